The highest BCUT2D eigenvalue weighted by Crippen LogP contribution is 2.22. The van der Waals surface area contributed by atoms with E-state index in [-0.39, 0.29) is 6.61 Å². The number of likely N-dealkylation sites (tertiary alicyclic amines) is 1. The molecule has 0 aromatic carbocycles. The summed E-state index contributed by atoms with van der Waals surface area (Å²) in [5, 5.41) is 9.93. The first-order valence-electron chi connectivity index (χ1n) is 6.60. The van der Waals surface area contributed by atoms with Crippen molar-refractivity contribution in [2.45, 2.75) is 58.3 Å². The maximum Gasteiger partial charge on any atom is 0.411 e. The summed E-state index contributed by atoms with van der Waals surface area (Å²) in [6.07, 6.45) is -0.386. The highest BCUT2D eigenvalue weighted by atomic mass is 16.6. The van der Waals surface area contributed by atoms with E-state index in [0.717, 1.165) is 0 Å². The number of hydrogen-bond donors (Lipinski definition) is 1. The fourth-order valence-electron chi connectivity index (χ4n) is 2.01. The third-order valence-corrected chi connectivity index (χ3v) is 2.76. The van der Waals surface area contributed by atoms with Crippen LogP contribution in [0.3, 0.4) is 0 Å². The summed E-state index contributed by atoms with van der Waals surface area (Å²) in [5.41, 5.74) is -0.640. The topological polar surface area (TPSA) is 76.1 Å². The Bertz CT molecular complexity index is 336. The summed E-state index contributed by atoms with van der Waals surface area (Å²) >= 11 is 0. The molecule has 1 heterocycles. The molecule has 110 valence electrons. The van der Waals surface area contributed by atoms with E-state index in [1.165, 1.54) is 4.90 Å². The summed E-state index contributed by atoms with van der Waals surface area (Å²) in [6, 6.07) is -0.969. The molecule has 0 aliphatic carbocycles. The second kappa shape index (κ2) is 6.23. The Balaban J connectivity index is 2.82. The third-order valence-electron chi connectivity index (χ3n) is 2.76. The molecule has 1 rings (SSSR count). The monoisotopic (exact) mass is 273 g/mol. The number of carbonyl (C=O) groups excluding carboxylic acids is 2. The van der Waals surface area contributed by atoms with Crippen LogP contribution in [0.1, 0.15) is 40.5 Å². The van der Waals surface area contributed by atoms with Gasteiger partial charge in [0.15, 0.2) is 6.04 Å². The number of carbonyl (C=O) groups is 2. The van der Waals surface area contributed by atoms with Crippen LogP contribution in [0.15, 0.2) is 0 Å². The summed E-state index contributed by atoms with van der Waals surface area (Å²) < 4.78 is 10.2. The normalized spacial score (nSPS) is 23.9. The molecule has 1 N–H and O–H groups in total. The standard InChI is InChI=1S/C13H23NO5/c1-5-18-11(16)10-9(15)7-6-8-14(10)12(17)19-13(2,3)4/h9-10,15H,5-8H2,1-4H3. The van der Waals surface area contributed by atoms with E-state index >= 15 is 0 Å². The average Bonchev–Trinajstić information content (AvgIpc) is 2.26. The van der Waals surface area contributed by atoms with Crippen LogP contribution in [0.4, 0.5) is 4.79 Å². The number of esters is 1. The molecule has 1 aliphatic heterocycles. The fourth-order valence-corrected chi connectivity index (χ4v) is 2.01. The van der Waals surface area contributed by atoms with Gasteiger partial charge in [-0.15, -0.1) is 0 Å². The van der Waals surface area contributed by atoms with Crippen molar-refractivity contribution in [2.24, 2.45) is 0 Å². The van der Waals surface area contributed by atoms with Crippen molar-refractivity contribution in [3.63, 3.8) is 0 Å². The van der Waals surface area contributed by atoms with Crippen LogP contribution in [-0.2, 0) is 14.3 Å². The maximum atomic E-state index is 12.1. The molecule has 6 nitrogen and oxygen atoms in total. The van der Waals surface area contributed by atoms with E-state index in [0.29, 0.717) is 19.4 Å². The molecule has 1 aliphatic rings. The number of ether oxygens (including phenoxy) is 2. The molecule has 1 fully saturated rings. The Hall–Kier alpha value is -1.30. The highest BCUT2D eigenvalue weighted by Gasteiger charge is 2.41. The van der Waals surface area contributed by atoms with Crippen molar-refractivity contribution >= 4 is 12.1 Å². The van der Waals surface area contributed by atoms with E-state index in [4.69, 9.17) is 9.47 Å². The van der Waals surface area contributed by atoms with Crippen LogP contribution >= 0.6 is 0 Å². The molecule has 0 radical (unpaired) electrons. The molecule has 0 spiro atoms. The Labute approximate surface area is 113 Å². The lowest BCUT2D eigenvalue weighted by molar-refractivity contribution is -0.156. The zero-order valence-corrected chi connectivity index (χ0v) is 12.0. The number of rotatable bonds is 2. The van der Waals surface area contributed by atoms with Crippen molar-refractivity contribution in [3.8, 4) is 0 Å². The van der Waals surface area contributed by atoms with Gasteiger partial charge in [-0.05, 0) is 40.5 Å². The van der Waals surface area contributed by atoms with Gasteiger partial charge in [-0.2, -0.15) is 0 Å². The first-order valence-corrected chi connectivity index (χ1v) is 6.60. The third kappa shape index (κ3) is 4.38. The van der Waals surface area contributed by atoms with Crippen LogP contribution in [0.5, 0.6) is 0 Å². The van der Waals surface area contributed by atoms with E-state index in [9.17, 15) is 14.7 Å². The van der Waals surface area contributed by atoms with Crippen molar-refractivity contribution in [3.05, 3.63) is 0 Å². The molecule has 2 atom stereocenters. The number of amides is 1. The quantitative estimate of drug-likeness (QED) is 0.768. The van der Waals surface area contributed by atoms with Crippen molar-refractivity contribution in [1.29, 1.82) is 0 Å². The molecule has 1 amide bonds. The number of nitrogens with zero attached hydrogens (tertiary/aromatic N) is 1. The number of aliphatic hydroxyl groups excluding tert-OH is 1. The summed E-state index contributed by atoms with van der Waals surface area (Å²) in [7, 11) is 0. The van der Waals surface area contributed by atoms with E-state index in [1.807, 2.05) is 0 Å². The van der Waals surface area contributed by atoms with Crippen LogP contribution in [0, 0.1) is 0 Å². The van der Waals surface area contributed by atoms with Gasteiger partial charge in [0.25, 0.3) is 0 Å². The lowest BCUT2D eigenvalue weighted by atomic mass is 9.99. The zero-order valence-electron chi connectivity index (χ0n) is 12.0. The Morgan fingerprint density at radius 1 is 1.37 bits per heavy atom. The Morgan fingerprint density at radius 3 is 2.53 bits per heavy atom. The van der Waals surface area contributed by atoms with Gasteiger partial charge >= 0.3 is 12.1 Å². The van der Waals surface area contributed by atoms with Crippen molar-refractivity contribution in [2.75, 3.05) is 13.2 Å². The van der Waals surface area contributed by atoms with Gasteiger partial charge in [0.05, 0.1) is 12.7 Å². The molecule has 2 unspecified atom stereocenters. The van der Waals surface area contributed by atoms with Crippen LogP contribution in [0.2, 0.25) is 0 Å². The van der Waals surface area contributed by atoms with Gasteiger partial charge in [0.2, 0.25) is 0 Å². The molecule has 0 aromatic heterocycles. The second-order valence-corrected chi connectivity index (χ2v) is 5.58. The summed E-state index contributed by atoms with van der Waals surface area (Å²) in [4.78, 5) is 25.2. The smallest absolute Gasteiger partial charge is 0.411 e. The predicted molar refractivity (Wildman–Crippen MR) is 68.6 cm³/mol. The maximum absolute atomic E-state index is 12.1. The molecular weight excluding hydrogens is 250 g/mol. The van der Waals surface area contributed by atoms with Gasteiger partial charge in [0.1, 0.15) is 5.60 Å². The van der Waals surface area contributed by atoms with Gasteiger partial charge in [-0.25, -0.2) is 9.59 Å². The van der Waals surface area contributed by atoms with Crippen molar-refractivity contribution in [1.82, 2.24) is 4.90 Å². The molecule has 1 saturated heterocycles. The average molecular weight is 273 g/mol. The molecule has 0 saturated carbocycles. The number of hydrogen-bond acceptors (Lipinski definition) is 5. The zero-order chi connectivity index (χ0) is 14.6. The minimum atomic E-state index is -0.969. The second-order valence-electron chi connectivity index (χ2n) is 5.58. The van der Waals surface area contributed by atoms with Gasteiger partial charge in [-0.1, -0.05) is 0 Å². The Kier molecular flexibility index (Phi) is 5.17. The fraction of sp³-hybridized carbons (Fsp3) is 0.846. The van der Waals surface area contributed by atoms with Gasteiger partial charge in [-0.3, -0.25) is 4.90 Å². The van der Waals surface area contributed by atoms with Gasteiger partial charge < -0.3 is 14.6 Å². The molecule has 0 aromatic rings. The lowest BCUT2D eigenvalue weighted by Gasteiger charge is -2.37. The number of piperidine rings is 1. The minimum absolute atomic E-state index is 0.213. The SMILES string of the molecule is CCOC(=O)C1C(O)CCCN1C(=O)OC(C)(C)C. The molecule has 0 bridgehead atoms. The van der Waals surface area contributed by atoms with Crippen molar-refractivity contribution < 1.29 is 24.2 Å². The molecule has 19 heavy (non-hydrogen) atoms. The lowest BCUT2D eigenvalue weighted by Crippen LogP contribution is -2.56. The summed E-state index contributed by atoms with van der Waals surface area (Å²) in [6.45, 7) is 7.55. The van der Waals surface area contributed by atoms with Gasteiger partial charge in [0, 0.05) is 6.54 Å². The van der Waals surface area contributed by atoms with E-state index in [1.54, 1.807) is 27.7 Å². The highest BCUT2D eigenvalue weighted by molar-refractivity contribution is 5.82. The predicted octanol–water partition coefficient (Wildman–Crippen LogP) is 1.31. The first kappa shape index (κ1) is 15.8. The van der Waals surface area contributed by atoms with Crippen LogP contribution in [0.25, 0.3) is 0 Å². The largest absolute Gasteiger partial charge is 0.464 e. The minimum Gasteiger partial charge on any atom is -0.464 e. The number of aliphatic hydroxyl groups is 1. The first-order chi connectivity index (χ1) is 8.76. The Morgan fingerprint density at radius 2 is 2.00 bits per heavy atom. The van der Waals surface area contributed by atoms with Crippen LogP contribution in [-0.4, -0.2) is 53.0 Å². The van der Waals surface area contributed by atoms with E-state index in [2.05, 4.69) is 0 Å². The van der Waals surface area contributed by atoms with Crippen LogP contribution < -0.4 is 0 Å². The molecule has 6 heteroatoms. The molecular formula is C13H23NO5. The summed E-state index contributed by atoms with van der Waals surface area (Å²) in [5.74, 6) is -0.583. The van der Waals surface area contributed by atoms with E-state index < -0.39 is 29.8 Å².